The van der Waals surface area contributed by atoms with Crippen LogP contribution in [0.2, 0.25) is 0 Å². The summed E-state index contributed by atoms with van der Waals surface area (Å²) in [5.74, 6) is -1.71. The highest BCUT2D eigenvalue weighted by atomic mass is 32.1. The fraction of sp³-hybridized carbons (Fsp3) is 0.269. The van der Waals surface area contributed by atoms with Gasteiger partial charge >= 0.3 is 12.1 Å². The number of nitrogens with one attached hydrogen (secondary N) is 1. The highest BCUT2D eigenvalue weighted by Crippen LogP contribution is 2.44. The number of hydrogen-bond acceptors (Lipinski definition) is 5. The number of thiophene rings is 1. The minimum Gasteiger partial charge on any atom is -0.480 e. The first-order chi connectivity index (χ1) is 16.4. The van der Waals surface area contributed by atoms with Crippen molar-refractivity contribution in [2.75, 3.05) is 13.7 Å². The third-order valence-corrected chi connectivity index (χ3v) is 7.10. The first-order valence-corrected chi connectivity index (χ1v) is 11.9. The van der Waals surface area contributed by atoms with Crippen molar-refractivity contribution in [2.45, 2.75) is 31.3 Å². The van der Waals surface area contributed by atoms with Crippen LogP contribution in [0.3, 0.4) is 0 Å². The highest BCUT2D eigenvalue weighted by Gasteiger charge is 2.34. The van der Waals surface area contributed by atoms with Crippen LogP contribution in [0.5, 0.6) is 0 Å². The Hall–Kier alpha value is -3.65. The summed E-state index contributed by atoms with van der Waals surface area (Å²) >= 11 is 1.31. The van der Waals surface area contributed by atoms with Crippen molar-refractivity contribution in [3.05, 3.63) is 82.0 Å². The predicted molar refractivity (Wildman–Crippen MR) is 130 cm³/mol. The number of carboxylic acids is 1. The Balaban J connectivity index is 1.49. The van der Waals surface area contributed by atoms with Gasteiger partial charge in [0.05, 0.1) is 0 Å². The van der Waals surface area contributed by atoms with Gasteiger partial charge in [0.15, 0.2) is 0 Å². The molecule has 0 saturated carbocycles. The number of carbonyl (C=O) groups is 3. The Labute approximate surface area is 202 Å². The molecule has 2 aromatic carbocycles. The largest absolute Gasteiger partial charge is 0.480 e. The average Bonchev–Trinajstić information content (AvgIpc) is 3.48. The molecule has 0 aliphatic heterocycles. The summed E-state index contributed by atoms with van der Waals surface area (Å²) < 4.78 is 5.60. The number of likely N-dealkylation sites (N-methyl/N-ethyl adjacent to an activating group) is 1. The van der Waals surface area contributed by atoms with Crippen LogP contribution in [0.1, 0.15) is 41.3 Å². The SMILES string of the molecule is CCC(C(=O)O)N(C)C(=O)C(NC(=O)OCC1c2ccccc2-c2ccccc21)c1cccs1. The number of alkyl carbamates (subject to hydrolysis) is 1. The minimum absolute atomic E-state index is 0.104. The second kappa shape index (κ2) is 10.1. The highest BCUT2D eigenvalue weighted by molar-refractivity contribution is 7.10. The number of carbonyl (C=O) groups excluding carboxylic acids is 2. The summed E-state index contributed by atoms with van der Waals surface area (Å²) in [4.78, 5) is 39.3. The van der Waals surface area contributed by atoms with Crippen molar-refractivity contribution in [1.29, 1.82) is 0 Å². The molecular weight excluding hydrogens is 452 g/mol. The Kier molecular flexibility index (Phi) is 6.98. The van der Waals surface area contributed by atoms with Crippen LogP contribution in [0, 0.1) is 0 Å². The van der Waals surface area contributed by atoms with Gasteiger partial charge in [-0.3, -0.25) is 4.79 Å². The van der Waals surface area contributed by atoms with E-state index in [1.54, 1.807) is 24.4 Å². The lowest BCUT2D eigenvalue weighted by Gasteiger charge is -2.28. The molecular formula is C26H26N2O5S. The van der Waals surface area contributed by atoms with Crippen molar-refractivity contribution in [2.24, 2.45) is 0 Å². The quantitative estimate of drug-likeness (QED) is 0.491. The first-order valence-electron chi connectivity index (χ1n) is 11.1. The zero-order valence-electron chi connectivity index (χ0n) is 18.9. The lowest BCUT2D eigenvalue weighted by atomic mass is 9.98. The predicted octanol–water partition coefficient (Wildman–Crippen LogP) is 4.65. The molecule has 0 spiro atoms. The number of aliphatic carboxylic acids is 1. The number of nitrogens with zero attached hydrogens (tertiary/aromatic N) is 1. The third-order valence-electron chi connectivity index (χ3n) is 6.17. The van der Waals surface area contributed by atoms with Gasteiger partial charge in [-0.05, 0) is 40.1 Å². The van der Waals surface area contributed by atoms with Gasteiger partial charge in [0.1, 0.15) is 18.7 Å². The molecule has 3 aromatic rings. The summed E-state index contributed by atoms with van der Waals surface area (Å²) in [5.41, 5.74) is 4.43. The molecule has 1 aliphatic carbocycles. The molecule has 2 N–H and O–H groups in total. The Bertz CT molecular complexity index is 1150. The van der Waals surface area contributed by atoms with E-state index < -0.39 is 30.1 Å². The van der Waals surface area contributed by atoms with Crippen LogP contribution in [0.25, 0.3) is 11.1 Å². The van der Waals surface area contributed by atoms with Gasteiger partial charge in [0, 0.05) is 17.8 Å². The van der Waals surface area contributed by atoms with E-state index in [0.717, 1.165) is 27.2 Å². The van der Waals surface area contributed by atoms with E-state index >= 15 is 0 Å². The summed E-state index contributed by atoms with van der Waals surface area (Å²) in [7, 11) is 1.44. The van der Waals surface area contributed by atoms with Gasteiger partial charge in [-0.25, -0.2) is 9.59 Å². The Morgan fingerprint density at radius 3 is 2.18 bits per heavy atom. The fourth-order valence-corrected chi connectivity index (χ4v) is 5.21. The van der Waals surface area contributed by atoms with Gasteiger partial charge in [-0.1, -0.05) is 61.5 Å². The van der Waals surface area contributed by atoms with Gasteiger partial charge in [0.25, 0.3) is 5.91 Å². The van der Waals surface area contributed by atoms with Crippen molar-refractivity contribution >= 4 is 29.3 Å². The molecule has 1 aromatic heterocycles. The van der Waals surface area contributed by atoms with Gasteiger partial charge in [-0.15, -0.1) is 11.3 Å². The van der Waals surface area contributed by atoms with E-state index in [-0.39, 0.29) is 18.9 Å². The van der Waals surface area contributed by atoms with E-state index in [0.29, 0.717) is 4.88 Å². The number of carboxylic acid groups (broad SMARTS) is 1. The van der Waals surface area contributed by atoms with Crippen LogP contribution in [-0.4, -0.2) is 47.7 Å². The molecule has 2 unspecified atom stereocenters. The molecule has 176 valence electrons. The number of amides is 2. The molecule has 2 amide bonds. The molecule has 7 nitrogen and oxygen atoms in total. The third kappa shape index (κ3) is 4.54. The second-order valence-electron chi connectivity index (χ2n) is 8.13. The molecule has 1 aliphatic rings. The summed E-state index contributed by atoms with van der Waals surface area (Å²) in [5, 5.41) is 13.9. The van der Waals surface area contributed by atoms with Crippen molar-refractivity contribution < 1.29 is 24.2 Å². The van der Waals surface area contributed by atoms with Gasteiger partial charge in [0.2, 0.25) is 0 Å². The molecule has 4 rings (SSSR count). The first kappa shape index (κ1) is 23.5. The molecule has 34 heavy (non-hydrogen) atoms. The summed E-state index contributed by atoms with van der Waals surface area (Å²) in [6.07, 6.45) is -0.481. The molecule has 0 fully saturated rings. The van der Waals surface area contributed by atoms with E-state index in [2.05, 4.69) is 17.4 Å². The van der Waals surface area contributed by atoms with E-state index in [9.17, 15) is 19.5 Å². The average molecular weight is 479 g/mol. The van der Waals surface area contributed by atoms with Crippen molar-refractivity contribution in [3.63, 3.8) is 0 Å². The maximum absolute atomic E-state index is 13.2. The molecule has 2 atom stereocenters. The lowest BCUT2D eigenvalue weighted by molar-refractivity contribution is -0.149. The van der Waals surface area contributed by atoms with Gasteiger partial charge < -0.3 is 20.1 Å². The van der Waals surface area contributed by atoms with E-state index in [1.165, 1.54) is 18.4 Å². The van der Waals surface area contributed by atoms with Crippen LogP contribution in [-0.2, 0) is 14.3 Å². The zero-order valence-corrected chi connectivity index (χ0v) is 19.7. The standard InChI is InChI=1S/C26H26N2O5S/c1-3-21(25(30)31)28(2)24(29)23(22-13-8-14-34-22)27-26(32)33-15-20-18-11-6-4-9-16(18)17-10-5-7-12-19(17)20/h4-14,20-21,23H,3,15H2,1-2H3,(H,27,32)(H,30,31). The van der Waals surface area contributed by atoms with Crippen LogP contribution >= 0.6 is 11.3 Å². The Morgan fingerprint density at radius 2 is 1.65 bits per heavy atom. The second-order valence-corrected chi connectivity index (χ2v) is 9.11. The molecule has 0 radical (unpaired) electrons. The van der Waals surface area contributed by atoms with Crippen molar-refractivity contribution in [3.8, 4) is 11.1 Å². The van der Waals surface area contributed by atoms with Crippen LogP contribution in [0.4, 0.5) is 4.79 Å². The van der Waals surface area contributed by atoms with Crippen LogP contribution in [0.15, 0.2) is 66.0 Å². The molecule has 8 heteroatoms. The lowest BCUT2D eigenvalue weighted by Crippen LogP contribution is -2.48. The summed E-state index contributed by atoms with van der Waals surface area (Å²) in [6.45, 7) is 1.81. The minimum atomic E-state index is -1.09. The maximum Gasteiger partial charge on any atom is 0.408 e. The molecule has 0 bridgehead atoms. The maximum atomic E-state index is 13.2. The normalized spacial score (nSPS) is 13.9. The van der Waals surface area contributed by atoms with E-state index in [1.807, 2.05) is 36.4 Å². The zero-order chi connectivity index (χ0) is 24.2. The molecule has 1 heterocycles. The summed E-state index contributed by atoms with van der Waals surface area (Å²) in [6, 6.07) is 17.6. The molecule has 0 saturated heterocycles. The Morgan fingerprint density at radius 1 is 1.03 bits per heavy atom. The number of ether oxygens (including phenoxy) is 1. The number of rotatable bonds is 8. The number of hydrogen-bond donors (Lipinski definition) is 2. The smallest absolute Gasteiger partial charge is 0.408 e. The number of benzene rings is 2. The number of fused-ring (bicyclic) bond motifs is 3. The topological polar surface area (TPSA) is 95.9 Å². The van der Waals surface area contributed by atoms with Gasteiger partial charge in [-0.2, -0.15) is 0 Å². The monoisotopic (exact) mass is 478 g/mol. The van der Waals surface area contributed by atoms with Crippen molar-refractivity contribution in [1.82, 2.24) is 10.2 Å². The van der Waals surface area contributed by atoms with E-state index in [4.69, 9.17) is 4.74 Å². The van der Waals surface area contributed by atoms with Crippen LogP contribution < -0.4 is 5.32 Å². The fourth-order valence-electron chi connectivity index (χ4n) is 4.44.